The summed E-state index contributed by atoms with van der Waals surface area (Å²) in [5.41, 5.74) is 7.06. The van der Waals surface area contributed by atoms with E-state index in [0.29, 0.717) is 6.61 Å². The Kier molecular flexibility index (Phi) is 9.75. The number of fused-ring (bicyclic) bond motifs is 4. The molecule has 10 nitrogen and oxygen atoms in total. The molecule has 0 spiro atoms. The van der Waals surface area contributed by atoms with E-state index in [1.165, 1.54) is 0 Å². The molecule has 1 amide bonds. The summed E-state index contributed by atoms with van der Waals surface area (Å²) in [4.78, 5) is 13.3. The second-order valence-corrected chi connectivity index (χ2v) is 13.9. The van der Waals surface area contributed by atoms with Crippen molar-refractivity contribution in [3.63, 3.8) is 0 Å². The fourth-order valence-electron chi connectivity index (χ4n) is 6.67. The molecule has 5 atom stereocenters. The number of carbonyl (C=O) groups excluding carboxylic acids is 1. The monoisotopic (exact) mass is 671 g/mol. The minimum Gasteiger partial charge on any atom is -0.449 e. The van der Waals surface area contributed by atoms with Gasteiger partial charge in [-0.25, -0.2) is 9.36 Å². The number of phosphoric ester groups is 1. The fraction of sp³-hybridized carbons (Fsp3) is 0.324. The zero-order chi connectivity index (χ0) is 33.1. The molecule has 2 aliphatic heterocycles. The first-order chi connectivity index (χ1) is 23.4. The van der Waals surface area contributed by atoms with Crippen LogP contribution >= 0.6 is 7.82 Å². The Bertz CT molecular complexity index is 1710. The molecule has 0 saturated carbocycles. The highest BCUT2D eigenvalue weighted by Crippen LogP contribution is 2.55. The predicted molar refractivity (Wildman–Crippen MR) is 177 cm³/mol. The summed E-state index contributed by atoms with van der Waals surface area (Å²) >= 11 is 0. The predicted octanol–water partition coefficient (Wildman–Crippen LogP) is 6.70. The highest BCUT2D eigenvalue weighted by molar-refractivity contribution is 7.48. The molecular weight excluding hydrogens is 633 g/mol. The topological polar surface area (TPSA) is 122 Å². The Morgan fingerprint density at radius 3 is 2.06 bits per heavy atom. The molecule has 1 fully saturated rings. The second kappa shape index (κ2) is 14.3. The number of alkyl carbamates (subject to hydrolysis) is 1. The number of carbonyl (C=O) groups is 1. The standard InChI is InChI=1S/C37H38NO9P/c1-24-34(38-37(40)43-22-32-30-17-9-7-15-28(30)29-16-8-10-18-31(29)32)36(39)46-33(23-42-19-25-11-3-2-4-12-25)35(24)47-48(41)44-20-26-13-5-6-14-27(26)21-45-48/h2-18,24,32-36,39H,19-23H2,1H3,(H,38,40)/t24-,33?,34?,35+,36-/m1/s1. The summed E-state index contributed by atoms with van der Waals surface area (Å²) in [6, 6.07) is 32.3. The van der Waals surface area contributed by atoms with E-state index in [9.17, 15) is 14.5 Å². The molecule has 3 aliphatic rings. The van der Waals surface area contributed by atoms with Gasteiger partial charge in [0.1, 0.15) is 18.8 Å². The van der Waals surface area contributed by atoms with E-state index in [2.05, 4.69) is 17.4 Å². The van der Waals surface area contributed by atoms with Crippen molar-refractivity contribution in [3.8, 4) is 11.1 Å². The fourth-order valence-corrected chi connectivity index (χ4v) is 8.09. The van der Waals surface area contributed by atoms with Crippen molar-refractivity contribution in [1.82, 2.24) is 5.32 Å². The molecule has 0 bridgehead atoms. The first-order valence-electron chi connectivity index (χ1n) is 16.1. The Hall–Kier alpha value is -3.86. The lowest BCUT2D eigenvalue weighted by molar-refractivity contribution is -0.239. The number of benzene rings is 4. The third kappa shape index (κ3) is 6.97. The van der Waals surface area contributed by atoms with Gasteiger partial charge >= 0.3 is 13.9 Å². The van der Waals surface area contributed by atoms with Gasteiger partial charge in [-0.15, -0.1) is 0 Å². The maximum atomic E-state index is 13.9. The molecule has 48 heavy (non-hydrogen) atoms. The van der Waals surface area contributed by atoms with Gasteiger partial charge in [0.25, 0.3) is 0 Å². The van der Waals surface area contributed by atoms with Crippen LogP contribution in [-0.2, 0) is 52.2 Å². The SMILES string of the molecule is C[C@@H]1C(NC(=O)OCC2c3ccccc3-c3ccccc32)[C@H](O)OC(COCc2ccccc2)[C@H]1OP1(=O)OCc2ccccc2CO1. The van der Waals surface area contributed by atoms with Crippen LogP contribution in [-0.4, -0.2) is 49.0 Å². The first-order valence-corrected chi connectivity index (χ1v) is 17.6. The van der Waals surface area contributed by atoms with Gasteiger partial charge in [-0.2, -0.15) is 0 Å². The lowest BCUT2D eigenvalue weighted by atomic mass is 9.89. The number of amides is 1. The van der Waals surface area contributed by atoms with Crippen LogP contribution in [0.2, 0.25) is 0 Å². The van der Waals surface area contributed by atoms with Crippen molar-refractivity contribution in [1.29, 1.82) is 0 Å². The summed E-state index contributed by atoms with van der Waals surface area (Å²) in [5.74, 6) is -0.752. The van der Waals surface area contributed by atoms with E-state index >= 15 is 0 Å². The molecule has 7 rings (SSSR count). The highest BCUT2D eigenvalue weighted by Gasteiger charge is 2.49. The minimum absolute atomic E-state index is 0.0127. The van der Waals surface area contributed by atoms with Crippen LogP contribution in [0, 0.1) is 5.92 Å². The molecule has 2 N–H and O–H groups in total. The maximum Gasteiger partial charge on any atom is 0.475 e. The average molecular weight is 672 g/mol. The lowest BCUT2D eigenvalue weighted by Crippen LogP contribution is -2.61. The van der Waals surface area contributed by atoms with Crippen LogP contribution in [0.5, 0.6) is 0 Å². The Morgan fingerprint density at radius 2 is 1.42 bits per heavy atom. The molecule has 0 radical (unpaired) electrons. The molecule has 2 heterocycles. The van der Waals surface area contributed by atoms with E-state index in [0.717, 1.165) is 38.9 Å². The van der Waals surface area contributed by atoms with Crippen LogP contribution < -0.4 is 5.32 Å². The number of nitrogens with one attached hydrogen (secondary N) is 1. The van der Waals surface area contributed by atoms with Gasteiger partial charge in [0.15, 0.2) is 6.29 Å². The van der Waals surface area contributed by atoms with Gasteiger partial charge in [0, 0.05) is 11.8 Å². The summed E-state index contributed by atoms with van der Waals surface area (Å²) in [6.45, 7) is 2.25. The Balaban J connectivity index is 1.05. The van der Waals surface area contributed by atoms with E-state index in [1.807, 2.05) is 91.0 Å². The minimum atomic E-state index is -4.10. The van der Waals surface area contributed by atoms with E-state index < -0.39 is 44.4 Å². The van der Waals surface area contributed by atoms with Gasteiger partial charge in [-0.3, -0.25) is 13.6 Å². The van der Waals surface area contributed by atoms with E-state index in [4.69, 9.17) is 27.8 Å². The molecule has 2 unspecified atom stereocenters. The number of ether oxygens (including phenoxy) is 3. The number of aliphatic hydroxyl groups excluding tert-OH is 1. The number of phosphoric acid groups is 1. The lowest BCUT2D eigenvalue weighted by Gasteiger charge is -2.44. The molecule has 0 aromatic heterocycles. The van der Waals surface area contributed by atoms with Crippen LogP contribution in [0.15, 0.2) is 103 Å². The zero-order valence-electron chi connectivity index (χ0n) is 26.5. The van der Waals surface area contributed by atoms with Crippen molar-refractivity contribution < 1.29 is 42.2 Å². The van der Waals surface area contributed by atoms with Crippen LogP contribution in [0.1, 0.15) is 40.7 Å². The van der Waals surface area contributed by atoms with Gasteiger partial charge in [0.05, 0.1) is 32.5 Å². The largest absolute Gasteiger partial charge is 0.475 e. The Morgan fingerprint density at radius 1 is 0.833 bits per heavy atom. The first kappa shape index (κ1) is 32.7. The molecule has 11 heteroatoms. The summed E-state index contributed by atoms with van der Waals surface area (Å²) in [5, 5.41) is 13.9. The van der Waals surface area contributed by atoms with Crippen LogP contribution in [0.3, 0.4) is 0 Å². The molecule has 1 saturated heterocycles. The normalized spacial score (nSPS) is 24.5. The average Bonchev–Trinajstić information content (AvgIpc) is 3.33. The summed E-state index contributed by atoms with van der Waals surface area (Å²) < 4.78 is 49.2. The quantitative estimate of drug-likeness (QED) is 0.187. The summed E-state index contributed by atoms with van der Waals surface area (Å²) in [7, 11) is -4.10. The zero-order valence-corrected chi connectivity index (χ0v) is 27.4. The molecule has 4 aromatic rings. The molecule has 250 valence electrons. The van der Waals surface area contributed by atoms with Crippen molar-refractivity contribution in [2.75, 3.05) is 13.2 Å². The van der Waals surface area contributed by atoms with Crippen molar-refractivity contribution >= 4 is 13.9 Å². The van der Waals surface area contributed by atoms with Crippen molar-refractivity contribution in [2.24, 2.45) is 5.92 Å². The van der Waals surface area contributed by atoms with Gasteiger partial charge in [-0.1, -0.05) is 110 Å². The highest BCUT2D eigenvalue weighted by atomic mass is 31.2. The smallest absolute Gasteiger partial charge is 0.449 e. The summed E-state index contributed by atoms with van der Waals surface area (Å²) in [6.07, 6.45) is -3.96. The van der Waals surface area contributed by atoms with Crippen molar-refractivity contribution in [2.45, 2.75) is 57.2 Å². The number of hydrogen-bond acceptors (Lipinski definition) is 9. The van der Waals surface area contributed by atoms with Crippen LogP contribution in [0.4, 0.5) is 4.79 Å². The number of rotatable bonds is 9. The number of aliphatic hydroxyl groups is 1. The molecule has 1 aliphatic carbocycles. The van der Waals surface area contributed by atoms with Gasteiger partial charge < -0.3 is 24.6 Å². The molecular formula is C37H38NO9P. The van der Waals surface area contributed by atoms with Crippen molar-refractivity contribution in [3.05, 3.63) is 131 Å². The van der Waals surface area contributed by atoms with Gasteiger partial charge in [-0.05, 0) is 38.9 Å². The third-order valence-corrected chi connectivity index (χ3v) is 10.6. The van der Waals surface area contributed by atoms with E-state index in [-0.39, 0.29) is 32.3 Å². The molecule has 4 aromatic carbocycles. The third-order valence-electron chi connectivity index (χ3n) is 9.22. The van der Waals surface area contributed by atoms with E-state index in [1.54, 1.807) is 6.92 Å². The Labute approximate surface area is 279 Å². The second-order valence-electron chi connectivity index (χ2n) is 12.3. The van der Waals surface area contributed by atoms with Gasteiger partial charge in [0.2, 0.25) is 0 Å². The maximum absolute atomic E-state index is 13.9. The van der Waals surface area contributed by atoms with Crippen LogP contribution in [0.25, 0.3) is 11.1 Å². The number of hydrogen-bond donors (Lipinski definition) is 2.